The molecule has 1 atom stereocenters. The Balaban J connectivity index is 4.37. The fraction of sp³-hybridized carbons (Fsp3) is 0.800. The molecule has 0 rings (SSSR count). The summed E-state index contributed by atoms with van der Waals surface area (Å²) in [5.74, 6) is -0.0389. The summed E-state index contributed by atoms with van der Waals surface area (Å²) in [6, 6.07) is -0.439. The molecule has 13 heavy (non-hydrogen) atoms. The van der Waals surface area contributed by atoms with Gasteiger partial charge in [0.05, 0.1) is 0 Å². The van der Waals surface area contributed by atoms with Gasteiger partial charge in [-0.3, -0.25) is 0 Å². The molecular formula is C5H14N4O3S. The first-order chi connectivity index (χ1) is 5.79. The van der Waals surface area contributed by atoms with E-state index in [0.717, 1.165) is 4.31 Å². The molecule has 1 unspecified atom stereocenters. The highest BCUT2D eigenvalue weighted by Gasteiger charge is 2.19. The van der Waals surface area contributed by atoms with Gasteiger partial charge >= 0.3 is 0 Å². The molecule has 78 valence electrons. The Kier molecular flexibility index (Phi) is 4.11. The van der Waals surface area contributed by atoms with Crippen LogP contribution in [0.1, 0.15) is 13.3 Å². The highest BCUT2D eigenvalue weighted by Crippen LogP contribution is 2.03. The fourth-order valence-corrected chi connectivity index (χ4v) is 1.30. The topological polar surface area (TPSA) is 122 Å². The number of nitrogens with zero attached hydrogens (tertiary/aromatic N) is 2. The van der Waals surface area contributed by atoms with Crippen molar-refractivity contribution < 1.29 is 13.6 Å². The molecule has 0 fully saturated rings. The molecule has 0 radical (unpaired) electrons. The van der Waals surface area contributed by atoms with Gasteiger partial charge in [-0.15, -0.1) is 0 Å². The van der Waals surface area contributed by atoms with Gasteiger partial charge < -0.3 is 10.9 Å². The van der Waals surface area contributed by atoms with Gasteiger partial charge in [-0.25, -0.2) is 5.14 Å². The molecule has 0 amide bonds. The molecule has 0 aromatic rings. The van der Waals surface area contributed by atoms with Crippen LogP contribution in [0.25, 0.3) is 0 Å². The predicted octanol–water partition coefficient (Wildman–Crippen LogP) is -1.35. The number of nitrogens with two attached hydrogens (primary N) is 2. The highest BCUT2D eigenvalue weighted by atomic mass is 32.2. The maximum absolute atomic E-state index is 10.8. The first-order valence-corrected chi connectivity index (χ1v) is 5.01. The summed E-state index contributed by atoms with van der Waals surface area (Å²) >= 11 is 0. The summed E-state index contributed by atoms with van der Waals surface area (Å²) in [4.78, 5) is 0. The lowest BCUT2D eigenvalue weighted by Crippen LogP contribution is -2.41. The number of amidine groups is 1. The number of rotatable bonds is 4. The Morgan fingerprint density at radius 1 is 1.69 bits per heavy atom. The Labute approximate surface area is 77.2 Å². The van der Waals surface area contributed by atoms with E-state index in [1.165, 1.54) is 7.05 Å². The minimum absolute atomic E-state index is 0.0389. The maximum atomic E-state index is 10.8. The molecule has 0 heterocycles. The van der Waals surface area contributed by atoms with Crippen LogP contribution in [0.5, 0.6) is 0 Å². The summed E-state index contributed by atoms with van der Waals surface area (Å²) in [6.07, 6.45) is 0.128. The van der Waals surface area contributed by atoms with Crippen LogP contribution in [0.4, 0.5) is 0 Å². The van der Waals surface area contributed by atoms with E-state index in [1.54, 1.807) is 6.92 Å². The lowest BCUT2D eigenvalue weighted by molar-refractivity contribution is 0.313. The Hall–Kier alpha value is -0.860. The van der Waals surface area contributed by atoms with E-state index in [9.17, 15) is 8.42 Å². The molecule has 0 aliphatic carbocycles. The van der Waals surface area contributed by atoms with Crippen LogP contribution in [-0.2, 0) is 10.2 Å². The van der Waals surface area contributed by atoms with E-state index in [-0.39, 0.29) is 12.3 Å². The van der Waals surface area contributed by atoms with Gasteiger partial charge in [-0.05, 0) is 6.92 Å². The summed E-state index contributed by atoms with van der Waals surface area (Å²) in [5.41, 5.74) is 5.19. The molecule has 0 spiro atoms. The zero-order valence-corrected chi connectivity index (χ0v) is 8.32. The van der Waals surface area contributed by atoms with Crippen molar-refractivity contribution in [3.05, 3.63) is 0 Å². The van der Waals surface area contributed by atoms with Crippen LogP contribution in [0.15, 0.2) is 5.16 Å². The minimum atomic E-state index is -3.71. The molecule has 0 aromatic heterocycles. The quantitative estimate of drug-likeness (QED) is 0.230. The molecule has 0 aliphatic rings. The van der Waals surface area contributed by atoms with Crippen LogP contribution < -0.4 is 10.9 Å². The maximum Gasteiger partial charge on any atom is 0.276 e. The predicted molar refractivity (Wildman–Crippen MR) is 48.4 cm³/mol. The van der Waals surface area contributed by atoms with Crippen molar-refractivity contribution in [1.82, 2.24) is 4.31 Å². The largest absolute Gasteiger partial charge is 0.409 e. The number of hydrogen-bond donors (Lipinski definition) is 3. The fourth-order valence-electron chi connectivity index (χ4n) is 0.723. The molecule has 0 bridgehead atoms. The van der Waals surface area contributed by atoms with E-state index in [2.05, 4.69) is 5.16 Å². The lowest BCUT2D eigenvalue weighted by Gasteiger charge is -2.20. The lowest BCUT2D eigenvalue weighted by atomic mass is 10.2. The van der Waals surface area contributed by atoms with Crippen molar-refractivity contribution in [2.24, 2.45) is 16.0 Å². The first-order valence-electron chi connectivity index (χ1n) is 3.51. The van der Waals surface area contributed by atoms with Gasteiger partial charge in [0.2, 0.25) is 0 Å². The second-order valence-corrected chi connectivity index (χ2v) is 4.31. The van der Waals surface area contributed by atoms with E-state index < -0.39 is 16.3 Å². The standard InChI is InChI=1S/C5H14N4O3S/c1-4(3-5(6)8-10)9(2)13(7,11)12/h4,10H,3H2,1-2H3,(H2,6,8)(H2,7,11,12). The molecular weight excluding hydrogens is 196 g/mol. The van der Waals surface area contributed by atoms with E-state index >= 15 is 0 Å². The smallest absolute Gasteiger partial charge is 0.276 e. The van der Waals surface area contributed by atoms with Crippen molar-refractivity contribution in [3.8, 4) is 0 Å². The third-order valence-electron chi connectivity index (χ3n) is 1.66. The van der Waals surface area contributed by atoms with Gasteiger partial charge in [-0.2, -0.15) is 12.7 Å². The summed E-state index contributed by atoms with van der Waals surface area (Å²) < 4.78 is 22.6. The van der Waals surface area contributed by atoms with Crippen LogP contribution in [-0.4, -0.2) is 36.9 Å². The molecule has 0 aromatic carbocycles. The average molecular weight is 210 g/mol. The van der Waals surface area contributed by atoms with Crippen LogP contribution >= 0.6 is 0 Å². The van der Waals surface area contributed by atoms with Crippen molar-refractivity contribution in [3.63, 3.8) is 0 Å². The number of oxime groups is 1. The second kappa shape index (κ2) is 4.40. The van der Waals surface area contributed by atoms with Crippen molar-refractivity contribution in [2.75, 3.05) is 7.05 Å². The Bertz CT molecular complexity index is 286. The van der Waals surface area contributed by atoms with Crippen LogP contribution in [0.2, 0.25) is 0 Å². The molecule has 0 aliphatic heterocycles. The SMILES string of the molecule is CC(CC(N)=NO)N(C)S(N)(=O)=O. The number of hydrogen-bond acceptors (Lipinski definition) is 4. The van der Waals surface area contributed by atoms with Crippen LogP contribution in [0.3, 0.4) is 0 Å². The van der Waals surface area contributed by atoms with Gasteiger partial charge in [0.15, 0.2) is 0 Å². The van der Waals surface area contributed by atoms with Crippen molar-refractivity contribution in [2.45, 2.75) is 19.4 Å². The van der Waals surface area contributed by atoms with E-state index in [0.29, 0.717) is 0 Å². The van der Waals surface area contributed by atoms with E-state index in [4.69, 9.17) is 16.1 Å². The van der Waals surface area contributed by atoms with Crippen LogP contribution in [0, 0.1) is 0 Å². The highest BCUT2D eigenvalue weighted by molar-refractivity contribution is 7.86. The first kappa shape index (κ1) is 12.1. The van der Waals surface area contributed by atoms with Crippen molar-refractivity contribution in [1.29, 1.82) is 0 Å². The molecule has 7 nitrogen and oxygen atoms in total. The van der Waals surface area contributed by atoms with E-state index in [1.807, 2.05) is 0 Å². The summed E-state index contributed by atoms with van der Waals surface area (Å²) in [5, 5.41) is 15.8. The Morgan fingerprint density at radius 3 is 2.46 bits per heavy atom. The monoisotopic (exact) mass is 210 g/mol. The summed E-state index contributed by atoms with van der Waals surface area (Å²) in [6.45, 7) is 1.60. The summed E-state index contributed by atoms with van der Waals surface area (Å²) in [7, 11) is -2.39. The third-order valence-corrected chi connectivity index (χ3v) is 2.82. The van der Waals surface area contributed by atoms with Gasteiger partial charge in [0.1, 0.15) is 5.84 Å². The van der Waals surface area contributed by atoms with Gasteiger partial charge in [0, 0.05) is 19.5 Å². The van der Waals surface area contributed by atoms with Gasteiger partial charge in [0.25, 0.3) is 10.2 Å². The molecule has 8 heteroatoms. The molecule has 0 saturated carbocycles. The Morgan fingerprint density at radius 2 is 2.15 bits per heavy atom. The normalized spacial score (nSPS) is 16.2. The molecule has 5 N–H and O–H groups in total. The third kappa shape index (κ3) is 4.06. The van der Waals surface area contributed by atoms with Crippen molar-refractivity contribution >= 4 is 16.0 Å². The average Bonchev–Trinajstić information content (AvgIpc) is 2.01. The second-order valence-electron chi connectivity index (χ2n) is 2.71. The van der Waals surface area contributed by atoms with Gasteiger partial charge in [-0.1, -0.05) is 5.16 Å². The zero-order chi connectivity index (χ0) is 10.6. The zero-order valence-electron chi connectivity index (χ0n) is 7.51. The molecule has 0 saturated heterocycles. The minimum Gasteiger partial charge on any atom is -0.409 e.